The molecule has 8 rings (SSSR count). The molecular weight excluding hydrogens is 983 g/mol. The second-order valence-electron chi connectivity index (χ2n) is 17.7. The van der Waals surface area contributed by atoms with Crippen LogP contribution in [0.25, 0.3) is 11.1 Å². The molecule has 1 aliphatic carbocycles. The second kappa shape index (κ2) is 22.9. The van der Waals surface area contributed by atoms with Gasteiger partial charge in [-0.3, -0.25) is 28.8 Å². The molecule has 76 heavy (non-hydrogen) atoms. The maximum atomic E-state index is 13.8. The Bertz CT molecular complexity index is 3330. The zero-order valence-electron chi connectivity index (χ0n) is 42.3. The van der Waals surface area contributed by atoms with Crippen LogP contribution in [0.2, 0.25) is 0 Å². The average Bonchev–Trinajstić information content (AvgIpc) is 4.26. The smallest absolute Gasteiger partial charge is 0.407 e. The van der Waals surface area contributed by atoms with Crippen molar-refractivity contribution in [2.75, 3.05) is 47.6 Å². The Morgan fingerprint density at radius 3 is 1.75 bits per heavy atom. The van der Waals surface area contributed by atoms with Crippen molar-refractivity contribution < 1.29 is 47.8 Å². The molecule has 25 heteroatoms. The number of rotatable bonds is 20. The molecule has 1 aliphatic rings. The number of alkyl carbamates (subject to hydrolysis) is 1. The van der Waals surface area contributed by atoms with Crippen molar-refractivity contribution in [1.82, 2.24) is 53.7 Å². The lowest BCUT2D eigenvalue weighted by Crippen LogP contribution is -2.46. The Morgan fingerprint density at radius 1 is 0.605 bits per heavy atom. The quantitative estimate of drug-likeness (QED) is 0.0537. The number of hydrogen-bond acceptors (Lipinski definition) is 13. The van der Waals surface area contributed by atoms with Crippen LogP contribution < -0.4 is 37.2 Å². The molecule has 0 bridgehead atoms. The molecule has 1 atom stereocenters. The highest BCUT2D eigenvalue weighted by Gasteiger charge is 2.31. The number of imidazole rings is 3. The van der Waals surface area contributed by atoms with Crippen LogP contribution in [0, 0.1) is 0 Å². The summed E-state index contributed by atoms with van der Waals surface area (Å²) in [6.07, 6.45) is 7.96. The SMILES string of the molecule is CCOC(=O)c1nc(NC(=O)[C@@H](CCNC(=O)c2cc(NC(=O)c3nc(NC(=O)CCNC(=O)c4cc(NC(=O)c5nccn5C)cn4C)cn3C)cn2C)NC(=O)OCC2c3ccccc3-c3ccccc32)cn1C. The van der Waals surface area contributed by atoms with E-state index in [2.05, 4.69) is 52.2 Å². The monoisotopic (exact) mass is 1040 g/mol. The maximum Gasteiger partial charge on any atom is 0.407 e. The van der Waals surface area contributed by atoms with Crippen molar-refractivity contribution in [1.29, 1.82) is 0 Å². The van der Waals surface area contributed by atoms with Crippen LogP contribution in [0.15, 0.2) is 97.8 Å². The van der Waals surface area contributed by atoms with Gasteiger partial charge in [-0.2, -0.15) is 0 Å². The number of ether oxygens (including phenoxy) is 2. The van der Waals surface area contributed by atoms with E-state index in [0.717, 1.165) is 22.3 Å². The molecule has 0 spiro atoms. The minimum absolute atomic E-state index is 0.0154. The Kier molecular flexibility index (Phi) is 15.9. The van der Waals surface area contributed by atoms with Gasteiger partial charge in [-0.1, -0.05) is 48.5 Å². The standard InChI is InChI=1S/C51H55N15O10/c1-7-75-50(73)44-60-40(27-66(44)6)61-45(68)36(57-51(74)76-28-35-33-14-10-8-12-31(33)32-13-9-11-15-34(32)35)16-18-53-46(69)37-23-30(25-64(37)4)56-49(72)43-59-39(26-65(43)5)58-41(67)17-19-54-47(70)38-22-29(24-63(38)3)55-48(71)42-52-20-21-62(42)2/h8-15,20-27,35-36H,7,16-19,28H2,1-6H3,(H,53,69)(H,54,70)(H,55,71)(H,56,72)(H,57,74)(H,58,67)(H,61,68)/t36-/m1/s1. The summed E-state index contributed by atoms with van der Waals surface area (Å²) in [5, 5.41) is 18.7. The highest BCUT2D eigenvalue weighted by Crippen LogP contribution is 2.44. The minimum atomic E-state index is -1.25. The fraction of sp³-hybridized carbons (Fsp3) is 0.275. The topological polar surface area (TPSA) is 303 Å². The maximum absolute atomic E-state index is 13.8. The molecule has 0 aliphatic heterocycles. The Hall–Kier alpha value is -9.81. The molecule has 7 aromatic rings. The zero-order chi connectivity index (χ0) is 54.2. The molecule has 5 heterocycles. The molecule has 7 amide bonds. The first kappa shape index (κ1) is 52.5. The van der Waals surface area contributed by atoms with Gasteiger partial charge in [0.05, 0.1) is 18.0 Å². The van der Waals surface area contributed by atoms with E-state index in [4.69, 9.17) is 9.47 Å². The van der Waals surface area contributed by atoms with E-state index in [0.29, 0.717) is 5.69 Å². The lowest BCUT2D eigenvalue weighted by molar-refractivity contribution is -0.118. The molecule has 7 N–H and O–H groups in total. The highest BCUT2D eigenvalue weighted by molar-refractivity contribution is 6.05. The van der Waals surface area contributed by atoms with E-state index < -0.39 is 53.5 Å². The summed E-state index contributed by atoms with van der Waals surface area (Å²) < 4.78 is 18.1. The summed E-state index contributed by atoms with van der Waals surface area (Å²) in [4.78, 5) is 117. The summed E-state index contributed by atoms with van der Waals surface area (Å²) in [6, 6.07) is 17.4. The second-order valence-corrected chi connectivity index (χ2v) is 17.7. The van der Waals surface area contributed by atoms with Crippen LogP contribution in [0.4, 0.5) is 27.8 Å². The van der Waals surface area contributed by atoms with Crippen molar-refractivity contribution in [2.24, 2.45) is 35.2 Å². The number of carbonyl (C=O) groups is 8. The van der Waals surface area contributed by atoms with Crippen LogP contribution in [-0.2, 0) is 54.3 Å². The number of amides is 7. The van der Waals surface area contributed by atoms with Crippen LogP contribution in [0.1, 0.15) is 89.6 Å². The predicted octanol–water partition coefficient (Wildman–Crippen LogP) is 3.67. The van der Waals surface area contributed by atoms with Gasteiger partial charge in [0.15, 0.2) is 17.5 Å². The zero-order valence-corrected chi connectivity index (χ0v) is 42.3. The third kappa shape index (κ3) is 12.0. The number of aromatic nitrogens is 8. The molecule has 0 saturated carbocycles. The molecule has 0 saturated heterocycles. The third-order valence-corrected chi connectivity index (χ3v) is 12.3. The molecule has 394 valence electrons. The normalized spacial score (nSPS) is 11.9. The largest absolute Gasteiger partial charge is 0.460 e. The van der Waals surface area contributed by atoms with Crippen LogP contribution in [0.3, 0.4) is 0 Å². The van der Waals surface area contributed by atoms with Gasteiger partial charge >= 0.3 is 12.1 Å². The Balaban J connectivity index is 0.833. The van der Waals surface area contributed by atoms with E-state index >= 15 is 0 Å². The van der Waals surface area contributed by atoms with Gasteiger partial charge in [-0.25, -0.2) is 24.5 Å². The summed E-state index contributed by atoms with van der Waals surface area (Å²) >= 11 is 0. The molecule has 25 nitrogen and oxygen atoms in total. The van der Waals surface area contributed by atoms with Gasteiger partial charge in [-0.05, 0) is 47.7 Å². The van der Waals surface area contributed by atoms with Gasteiger partial charge in [0.25, 0.3) is 23.6 Å². The average molecular weight is 1040 g/mol. The summed E-state index contributed by atoms with van der Waals surface area (Å²) in [5.41, 5.74) is 5.10. The third-order valence-electron chi connectivity index (χ3n) is 12.3. The van der Waals surface area contributed by atoms with Gasteiger partial charge in [0.1, 0.15) is 24.0 Å². The van der Waals surface area contributed by atoms with E-state index in [1.165, 1.54) is 55.2 Å². The fourth-order valence-electron chi connectivity index (χ4n) is 8.60. The first-order chi connectivity index (χ1) is 36.5. The van der Waals surface area contributed by atoms with Crippen LogP contribution in [-0.4, -0.2) is 118 Å². The van der Waals surface area contributed by atoms with Gasteiger partial charge in [-0.15, -0.1) is 0 Å². The number of esters is 1. The number of nitrogens with one attached hydrogen (secondary N) is 7. The van der Waals surface area contributed by atoms with Gasteiger partial charge in [0.2, 0.25) is 23.5 Å². The number of anilines is 4. The highest BCUT2D eigenvalue weighted by atomic mass is 16.5. The first-order valence-corrected chi connectivity index (χ1v) is 23.9. The number of nitrogens with zero attached hydrogens (tertiary/aromatic N) is 8. The molecule has 0 unspecified atom stereocenters. The van der Waals surface area contributed by atoms with Crippen molar-refractivity contribution >= 4 is 70.5 Å². The first-order valence-electron chi connectivity index (χ1n) is 23.9. The summed E-state index contributed by atoms with van der Waals surface area (Å²) in [6.45, 7) is 1.61. The van der Waals surface area contributed by atoms with E-state index in [1.54, 1.807) is 59.1 Å². The predicted molar refractivity (Wildman–Crippen MR) is 275 cm³/mol. The number of benzene rings is 2. The Morgan fingerprint density at radius 2 is 1.16 bits per heavy atom. The van der Waals surface area contributed by atoms with Gasteiger partial charge < -0.3 is 69.5 Å². The fourth-order valence-corrected chi connectivity index (χ4v) is 8.60. The minimum Gasteiger partial charge on any atom is -0.460 e. The van der Waals surface area contributed by atoms with Crippen LogP contribution in [0.5, 0.6) is 0 Å². The lowest BCUT2D eigenvalue weighted by Gasteiger charge is -2.19. The van der Waals surface area contributed by atoms with Crippen molar-refractivity contribution in [2.45, 2.75) is 31.7 Å². The number of hydrogen-bond donors (Lipinski definition) is 7. The summed E-state index contributed by atoms with van der Waals surface area (Å²) in [7, 11) is 8.03. The van der Waals surface area contributed by atoms with Crippen molar-refractivity contribution in [3.63, 3.8) is 0 Å². The number of carbonyl (C=O) groups excluding carboxylic acids is 8. The molecule has 2 aromatic carbocycles. The number of aryl methyl sites for hydroxylation is 5. The van der Waals surface area contributed by atoms with E-state index in [-0.39, 0.29) is 91.2 Å². The summed E-state index contributed by atoms with van der Waals surface area (Å²) in [5.74, 6) is -4.09. The molecule has 0 fully saturated rings. The van der Waals surface area contributed by atoms with E-state index in [1.807, 2.05) is 48.5 Å². The van der Waals surface area contributed by atoms with Crippen LogP contribution >= 0.6 is 0 Å². The molecule has 0 radical (unpaired) electrons. The number of fused-ring (bicyclic) bond motifs is 3. The van der Waals surface area contributed by atoms with Crippen molar-refractivity contribution in [3.05, 3.63) is 138 Å². The Labute approximate surface area is 434 Å². The molecule has 5 aromatic heterocycles. The van der Waals surface area contributed by atoms with E-state index in [9.17, 15) is 38.4 Å². The van der Waals surface area contributed by atoms with Gasteiger partial charge in [0, 0.05) is 97.8 Å². The molecular formula is C51H55N15O10. The lowest BCUT2D eigenvalue weighted by atomic mass is 9.98. The van der Waals surface area contributed by atoms with Crippen molar-refractivity contribution in [3.8, 4) is 11.1 Å².